The third-order valence-electron chi connectivity index (χ3n) is 1.90. The first-order valence-corrected chi connectivity index (χ1v) is 5.17. The first-order chi connectivity index (χ1) is 8.10. The molecule has 0 unspecified atom stereocenters. The molecule has 0 fully saturated rings. The lowest BCUT2D eigenvalue weighted by atomic mass is 10.1. The van der Waals surface area contributed by atoms with Crippen molar-refractivity contribution in [1.82, 2.24) is 0 Å². The summed E-state index contributed by atoms with van der Waals surface area (Å²) in [6, 6.07) is 5.95. The van der Waals surface area contributed by atoms with Crippen LogP contribution in [-0.2, 0) is 9.53 Å². The van der Waals surface area contributed by atoms with E-state index in [0.717, 1.165) is 0 Å². The van der Waals surface area contributed by atoms with Crippen molar-refractivity contribution < 1.29 is 14.6 Å². The molecule has 1 N–H and O–H groups in total. The summed E-state index contributed by atoms with van der Waals surface area (Å²) in [5.41, 5.74) is -0.397. The van der Waals surface area contributed by atoms with Gasteiger partial charge in [0.25, 0.3) is 0 Å². The fourth-order valence-electron chi connectivity index (χ4n) is 1.12. The predicted octanol–water partition coefficient (Wildman–Crippen LogP) is 2.90. The van der Waals surface area contributed by atoms with Gasteiger partial charge in [0.05, 0.1) is 6.61 Å². The number of hydrogen-bond acceptors (Lipinski definition) is 5. The van der Waals surface area contributed by atoms with Crippen molar-refractivity contribution in [3.8, 4) is 0 Å². The maximum atomic E-state index is 11.3. The summed E-state index contributed by atoms with van der Waals surface area (Å²) in [5, 5.41) is 12.7. The van der Waals surface area contributed by atoms with E-state index in [2.05, 4.69) is 9.91 Å². The second-order valence-corrected chi connectivity index (χ2v) is 3.45. The molecule has 0 aliphatic rings. The van der Waals surface area contributed by atoms with Gasteiger partial charge in [-0.1, -0.05) is 11.6 Å². The van der Waals surface area contributed by atoms with Crippen LogP contribution >= 0.6 is 11.6 Å². The number of esters is 1. The number of aliphatic hydroxyl groups excluding tert-OH is 1. The van der Waals surface area contributed by atoms with Crippen molar-refractivity contribution >= 4 is 23.3 Å². The maximum absolute atomic E-state index is 11.3. The molecule has 0 heterocycles. The normalized spacial score (nSPS) is 11.6. The first kappa shape index (κ1) is 13.2. The molecule has 1 aromatic carbocycles. The van der Waals surface area contributed by atoms with Crippen LogP contribution in [0.15, 0.2) is 35.1 Å². The molecule has 0 spiro atoms. The first-order valence-electron chi connectivity index (χ1n) is 4.79. The molecule has 0 aliphatic heterocycles. The Hall–Kier alpha value is -1.88. The Kier molecular flexibility index (Phi) is 4.66. The molecule has 0 amide bonds. The number of hydrogen-bond donors (Lipinski definition) is 1. The van der Waals surface area contributed by atoms with Crippen LogP contribution in [0.2, 0.25) is 5.02 Å². The van der Waals surface area contributed by atoms with Gasteiger partial charge in [-0.15, -0.1) is 4.91 Å². The zero-order valence-corrected chi connectivity index (χ0v) is 9.77. The van der Waals surface area contributed by atoms with Crippen molar-refractivity contribution in [1.29, 1.82) is 0 Å². The van der Waals surface area contributed by atoms with E-state index in [-0.39, 0.29) is 12.2 Å². The monoisotopic (exact) mass is 255 g/mol. The molecule has 0 aliphatic carbocycles. The molecular formula is C11H10ClNO4. The summed E-state index contributed by atoms with van der Waals surface area (Å²) in [6.45, 7) is 1.67. The number of carbonyl (C=O) groups excluding carboxylic acids is 1. The molecule has 0 saturated heterocycles. The lowest BCUT2D eigenvalue weighted by molar-refractivity contribution is -0.138. The molecule has 0 radical (unpaired) electrons. The molecule has 6 heteroatoms. The molecule has 17 heavy (non-hydrogen) atoms. The summed E-state index contributed by atoms with van der Waals surface area (Å²) in [6.07, 6.45) is 0. The van der Waals surface area contributed by atoms with Crippen molar-refractivity contribution in [2.75, 3.05) is 6.61 Å². The van der Waals surface area contributed by atoms with Gasteiger partial charge in [0.1, 0.15) is 0 Å². The van der Waals surface area contributed by atoms with Gasteiger partial charge in [-0.25, -0.2) is 4.79 Å². The van der Waals surface area contributed by atoms with Gasteiger partial charge in [0.15, 0.2) is 5.76 Å². The second-order valence-electron chi connectivity index (χ2n) is 3.02. The largest absolute Gasteiger partial charge is 0.505 e. The molecule has 0 aromatic heterocycles. The van der Waals surface area contributed by atoms with Crippen LogP contribution in [0, 0.1) is 4.91 Å². The molecule has 0 bridgehead atoms. The Morgan fingerprint density at radius 2 is 2.00 bits per heavy atom. The summed E-state index contributed by atoms with van der Waals surface area (Å²) in [4.78, 5) is 21.8. The smallest absolute Gasteiger partial charge is 0.364 e. The second kappa shape index (κ2) is 6.00. The highest BCUT2D eigenvalue weighted by Crippen LogP contribution is 2.20. The zero-order valence-electron chi connectivity index (χ0n) is 9.01. The minimum Gasteiger partial charge on any atom is -0.505 e. The quantitative estimate of drug-likeness (QED) is 0.388. The van der Waals surface area contributed by atoms with E-state index >= 15 is 0 Å². The number of nitroso groups, excluding NO2 is 1. The van der Waals surface area contributed by atoms with Crippen LogP contribution in [0.3, 0.4) is 0 Å². The van der Waals surface area contributed by atoms with Gasteiger partial charge in [0.2, 0.25) is 5.70 Å². The van der Waals surface area contributed by atoms with Crippen LogP contribution in [0.4, 0.5) is 0 Å². The summed E-state index contributed by atoms with van der Waals surface area (Å²) in [5.74, 6) is -1.50. The third-order valence-corrected chi connectivity index (χ3v) is 2.15. The lowest BCUT2D eigenvalue weighted by Gasteiger charge is -2.04. The fraction of sp³-hybridized carbons (Fsp3) is 0.182. The Morgan fingerprint density at radius 1 is 1.41 bits per heavy atom. The molecule has 0 saturated carbocycles. The van der Waals surface area contributed by atoms with Gasteiger partial charge >= 0.3 is 5.97 Å². The van der Waals surface area contributed by atoms with Crippen molar-refractivity contribution in [2.45, 2.75) is 6.92 Å². The van der Waals surface area contributed by atoms with E-state index < -0.39 is 17.4 Å². The van der Waals surface area contributed by atoms with Crippen LogP contribution in [0.1, 0.15) is 12.5 Å². The summed E-state index contributed by atoms with van der Waals surface area (Å²) < 4.78 is 4.58. The van der Waals surface area contributed by atoms with Gasteiger partial charge in [0, 0.05) is 10.6 Å². The van der Waals surface area contributed by atoms with E-state index in [4.69, 9.17) is 11.6 Å². The van der Waals surface area contributed by atoms with Gasteiger partial charge in [-0.2, -0.15) is 0 Å². The Bertz CT molecular complexity index is 453. The number of carbonyl (C=O) groups is 1. The Morgan fingerprint density at radius 3 is 2.47 bits per heavy atom. The Labute approximate surface area is 103 Å². The van der Waals surface area contributed by atoms with Crippen LogP contribution in [0.25, 0.3) is 5.76 Å². The van der Waals surface area contributed by atoms with E-state index in [1.165, 1.54) is 24.3 Å². The van der Waals surface area contributed by atoms with Gasteiger partial charge in [-0.3, -0.25) is 0 Å². The predicted molar refractivity (Wildman–Crippen MR) is 63.4 cm³/mol. The third kappa shape index (κ3) is 3.29. The summed E-state index contributed by atoms with van der Waals surface area (Å²) >= 11 is 5.67. The van der Waals surface area contributed by atoms with Gasteiger partial charge < -0.3 is 9.84 Å². The van der Waals surface area contributed by atoms with E-state index in [1.807, 2.05) is 0 Å². The lowest BCUT2D eigenvalue weighted by Crippen LogP contribution is -2.08. The average Bonchev–Trinajstić information content (AvgIpc) is 2.31. The summed E-state index contributed by atoms with van der Waals surface area (Å²) in [7, 11) is 0. The van der Waals surface area contributed by atoms with Crippen LogP contribution in [0.5, 0.6) is 0 Å². The van der Waals surface area contributed by atoms with Crippen LogP contribution < -0.4 is 0 Å². The molecule has 1 rings (SSSR count). The number of rotatable bonds is 4. The zero-order chi connectivity index (χ0) is 12.8. The standard InChI is InChI=1S/C11H10ClNO4/c1-2-17-11(15)9(13-16)10(14)7-3-5-8(12)6-4-7/h3-6,14H,2H2,1H3. The molecule has 90 valence electrons. The van der Waals surface area contributed by atoms with Crippen molar-refractivity contribution in [3.63, 3.8) is 0 Å². The molecule has 1 aromatic rings. The average molecular weight is 256 g/mol. The number of benzene rings is 1. The van der Waals surface area contributed by atoms with E-state index in [9.17, 15) is 14.8 Å². The number of nitrogens with zero attached hydrogens (tertiary/aromatic N) is 1. The number of halogens is 1. The topological polar surface area (TPSA) is 76.0 Å². The van der Waals surface area contributed by atoms with Crippen LogP contribution in [-0.4, -0.2) is 17.7 Å². The number of aliphatic hydroxyl groups is 1. The maximum Gasteiger partial charge on any atom is 0.364 e. The van der Waals surface area contributed by atoms with E-state index in [1.54, 1.807) is 6.92 Å². The SMILES string of the molecule is CCOC(=O)C(N=O)=C(O)c1ccc(Cl)cc1. The highest BCUT2D eigenvalue weighted by Gasteiger charge is 2.18. The highest BCUT2D eigenvalue weighted by molar-refractivity contribution is 6.30. The molecular weight excluding hydrogens is 246 g/mol. The van der Waals surface area contributed by atoms with Crippen molar-refractivity contribution in [2.24, 2.45) is 5.18 Å². The fourth-order valence-corrected chi connectivity index (χ4v) is 1.25. The van der Waals surface area contributed by atoms with E-state index in [0.29, 0.717) is 5.02 Å². The van der Waals surface area contributed by atoms with Crippen molar-refractivity contribution in [3.05, 3.63) is 45.5 Å². The molecule has 0 atom stereocenters. The minimum absolute atomic E-state index is 0.0890. The van der Waals surface area contributed by atoms with Gasteiger partial charge in [-0.05, 0) is 36.4 Å². The highest BCUT2D eigenvalue weighted by atomic mass is 35.5. The molecule has 5 nitrogen and oxygen atoms in total. The number of ether oxygens (including phenoxy) is 1. The Balaban J connectivity index is 3.12. The minimum atomic E-state index is -0.963.